The van der Waals surface area contributed by atoms with Gasteiger partial charge >= 0.3 is 0 Å². The van der Waals surface area contributed by atoms with Gasteiger partial charge in [-0.05, 0) is 62.3 Å². The number of benzene rings is 1. The quantitative estimate of drug-likeness (QED) is 0.742. The molecule has 29 heavy (non-hydrogen) atoms. The lowest BCUT2D eigenvalue weighted by molar-refractivity contribution is -0.134. The molecular weight excluding hydrogens is 369 g/mol. The first-order valence-corrected chi connectivity index (χ1v) is 11.2. The highest BCUT2D eigenvalue weighted by Crippen LogP contribution is 2.31. The van der Waals surface area contributed by atoms with Crippen LogP contribution in [0.15, 0.2) is 18.2 Å². The molecule has 6 heteroatoms. The molecule has 3 aliphatic rings. The van der Waals surface area contributed by atoms with Crippen molar-refractivity contribution in [3.63, 3.8) is 0 Å². The zero-order valence-corrected chi connectivity index (χ0v) is 17.1. The number of nitrogens with one attached hydrogen (secondary N) is 2. The molecule has 3 fully saturated rings. The minimum absolute atomic E-state index is 0.246. The molecule has 4 rings (SSSR count). The summed E-state index contributed by atoms with van der Waals surface area (Å²) >= 11 is 0. The SMILES string of the molecule is O=C1CCC(c2ccc(N3CCC(CNC4CCCCC4)CC3)c(F)c2)C(=O)N1. The summed E-state index contributed by atoms with van der Waals surface area (Å²) in [7, 11) is 0. The van der Waals surface area contributed by atoms with Crippen molar-refractivity contribution in [3.8, 4) is 0 Å². The van der Waals surface area contributed by atoms with Crippen LogP contribution in [0.1, 0.15) is 69.3 Å². The third-order valence-corrected chi connectivity index (χ3v) is 6.87. The standard InChI is InChI=1S/C23H32FN3O2/c24-20-14-17(19-7-9-22(28)26-23(19)29)6-8-21(20)27-12-10-16(11-13-27)15-25-18-4-2-1-3-5-18/h6,8,14,16,18-19,25H,1-5,7,9-13,15H2,(H,26,28,29). The fourth-order valence-corrected chi connectivity index (χ4v) is 5.03. The van der Waals surface area contributed by atoms with Crippen molar-refractivity contribution >= 4 is 17.5 Å². The Balaban J connectivity index is 1.30. The van der Waals surface area contributed by atoms with Crippen LogP contribution in [0.2, 0.25) is 0 Å². The largest absolute Gasteiger partial charge is 0.369 e. The molecule has 0 spiro atoms. The Morgan fingerprint density at radius 2 is 1.79 bits per heavy atom. The van der Waals surface area contributed by atoms with E-state index in [-0.39, 0.29) is 17.6 Å². The highest BCUT2D eigenvalue weighted by atomic mass is 19.1. The van der Waals surface area contributed by atoms with Crippen molar-refractivity contribution in [1.82, 2.24) is 10.6 Å². The Hall–Kier alpha value is -1.95. The van der Waals surface area contributed by atoms with E-state index >= 15 is 0 Å². The molecule has 2 heterocycles. The molecule has 0 bridgehead atoms. The van der Waals surface area contributed by atoms with Gasteiger partial charge in [-0.3, -0.25) is 14.9 Å². The van der Waals surface area contributed by atoms with Gasteiger partial charge in [0.2, 0.25) is 11.8 Å². The van der Waals surface area contributed by atoms with Crippen LogP contribution >= 0.6 is 0 Å². The van der Waals surface area contributed by atoms with Crippen LogP contribution < -0.4 is 15.5 Å². The molecule has 0 aromatic heterocycles. The van der Waals surface area contributed by atoms with Crippen LogP contribution in [0, 0.1) is 11.7 Å². The van der Waals surface area contributed by atoms with E-state index in [2.05, 4.69) is 15.5 Å². The molecule has 2 amide bonds. The van der Waals surface area contributed by atoms with Gasteiger partial charge < -0.3 is 10.2 Å². The van der Waals surface area contributed by atoms with Gasteiger partial charge in [0.05, 0.1) is 11.6 Å². The number of nitrogens with zero attached hydrogens (tertiary/aromatic N) is 1. The van der Waals surface area contributed by atoms with Crippen molar-refractivity contribution in [3.05, 3.63) is 29.6 Å². The maximum atomic E-state index is 14.8. The number of hydrogen-bond acceptors (Lipinski definition) is 4. The maximum absolute atomic E-state index is 14.8. The summed E-state index contributed by atoms with van der Waals surface area (Å²) in [6.45, 7) is 2.81. The Morgan fingerprint density at radius 1 is 1.03 bits per heavy atom. The molecule has 1 saturated carbocycles. The molecule has 1 aliphatic carbocycles. The second-order valence-electron chi connectivity index (χ2n) is 8.89. The van der Waals surface area contributed by atoms with E-state index in [4.69, 9.17) is 0 Å². The lowest BCUT2D eigenvalue weighted by Crippen LogP contribution is -2.41. The third-order valence-electron chi connectivity index (χ3n) is 6.87. The predicted octanol–water partition coefficient (Wildman–Crippen LogP) is 3.48. The smallest absolute Gasteiger partial charge is 0.234 e. The summed E-state index contributed by atoms with van der Waals surface area (Å²) in [5, 5.41) is 6.10. The lowest BCUT2D eigenvalue weighted by Gasteiger charge is -2.35. The third kappa shape index (κ3) is 4.97. The number of hydrogen-bond donors (Lipinski definition) is 2. The summed E-state index contributed by atoms with van der Waals surface area (Å²) < 4.78 is 14.8. The number of anilines is 1. The molecule has 158 valence electrons. The molecule has 0 radical (unpaired) electrons. The summed E-state index contributed by atoms with van der Waals surface area (Å²) in [5.74, 6) is -0.610. The van der Waals surface area contributed by atoms with E-state index in [0.29, 0.717) is 36.1 Å². The molecule has 2 saturated heterocycles. The number of amides is 2. The van der Waals surface area contributed by atoms with E-state index in [1.165, 1.54) is 38.2 Å². The number of halogens is 1. The predicted molar refractivity (Wildman–Crippen MR) is 111 cm³/mol. The number of carbonyl (C=O) groups is 2. The van der Waals surface area contributed by atoms with Crippen LogP contribution in [0.4, 0.5) is 10.1 Å². The summed E-state index contributed by atoms with van der Waals surface area (Å²) in [5.41, 5.74) is 1.28. The highest BCUT2D eigenvalue weighted by Gasteiger charge is 2.29. The van der Waals surface area contributed by atoms with Gasteiger partial charge in [0.15, 0.2) is 0 Å². The van der Waals surface area contributed by atoms with Crippen LogP contribution in [-0.2, 0) is 9.59 Å². The van der Waals surface area contributed by atoms with E-state index < -0.39 is 5.92 Å². The van der Waals surface area contributed by atoms with E-state index in [1.54, 1.807) is 6.07 Å². The van der Waals surface area contributed by atoms with Gasteiger partial charge in [-0.25, -0.2) is 4.39 Å². The highest BCUT2D eigenvalue weighted by molar-refractivity contribution is 6.00. The normalized spacial score (nSPS) is 24.6. The number of imide groups is 1. The minimum atomic E-state index is -0.437. The van der Waals surface area contributed by atoms with Crippen LogP contribution in [0.3, 0.4) is 0 Å². The van der Waals surface area contributed by atoms with Gasteiger partial charge in [-0.2, -0.15) is 0 Å². The lowest BCUT2D eigenvalue weighted by atomic mass is 9.90. The van der Waals surface area contributed by atoms with Crippen LogP contribution in [0.5, 0.6) is 0 Å². The van der Waals surface area contributed by atoms with Crippen molar-refractivity contribution < 1.29 is 14.0 Å². The first-order chi connectivity index (χ1) is 14.1. The number of rotatable bonds is 5. The molecule has 1 aromatic carbocycles. The van der Waals surface area contributed by atoms with Gasteiger partial charge in [0.25, 0.3) is 0 Å². The van der Waals surface area contributed by atoms with Crippen molar-refractivity contribution in [2.45, 2.75) is 69.7 Å². The Morgan fingerprint density at radius 3 is 2.48 bits per heavy atom. The molecular formula is C23H32FN3O2. The zero-order valence-electron chi connectivity index (χ0n) is 17.1. The average Bonchev–Trinajstić information content (AvgIpc) is 2.73. The summed E-state index contributed by atoms with van der Waals surface area (Å²) in [6, 6.07) is 5.81. The molecule has 1 atom stereocenters. The molecule has 2 N–H and O–H groups in total. The van der Waals surface area contributed by atoms with E-state index in [9.17, 15) is 14.0 Å². The van der Waals surface area contributed by atoms with E-state index in [1.807, 2.05) is 6.07 Å². The molecule has 2 aliphatic heterocycles. The minimum Gasteiger partial charge on any atom is -0.369 e. The Kier molecular flexibility index (Phi) is 6.48. The zero-order chi connectivity index (χ0) is 20.2. The molecule has 5 nitrogen and oxygen atoms in total. The summed E-state index contributed by atoms with van der Waals surface area (Å²) in [4.78, 5) is 25.5. The molecule has 1 unspecified atom stereocenters. The van der Waals surface area contributed by atoms with Gasteiger partial charge in [-0.1, -0.05) is 25.3 Å². The maximum Gasteiger partial charge on any atom is 0.234 e. The Bertz CT molecular complexity index is 740. The number of carbonyl (C=O) groups excluding carboxylic acids is 2. The monoisotopic (exact) mass is 401 g/mol. The van der Waals surface area contributed by atoms with Gasteiger partial charge in [0, 0.05) is 25.6 Å². The second-order valence-corrected chi connectivity index (χ2v) is 8.89. The fraction of sp³-hybridized carbons (Fsp3) is 0.652. The topological polar surface area (TPSA) is 61.4 Å². The van der Waals surface area contributed by atoms with Gasteiger partial charge in [0.1, 0.15) is 5.82 Å². The van der Waals surface area contributed by atoms with Crippen LogP contribution in [0.25, 0.3) is 0 Å². The fourth-order valence-electron chi connectivity index (χ4n) is 5.03. The van der Waals surface area contributed by atoms with Crippen molar-refractivity contribution in [2.24, 2.45) is 5.92 Å². The first-order valence-electron chi connectivity index (χ1n) is 11.2. The van der Waals surface area contributed by atoms with Crippen molar-refractivity contribution in [2.75, 3.05) is 24.5 Å². The first kappa shape index (κ1) is 20.3. The number of piperidine rings is 2. The van der Waals surface area contributed by atoms with Crippen LogP contribution in [-0.4, -0.2) is 37.5 Å². The Labute approximate surface area is 172 Å². The summed E-state index contributed by atoms with van der Waals surface area (Å²) in [6.07, 6.45) is 9.61. The molecule has 1 aromatic rings. The average molecular weight is 402 g/mol. The van der Waals surface area contributed by atoms with Gasteiger partial charge in [-0.15, -0.1) is 0 Å². The van der Waals surface area contributed by atoms with Crippen molar-refractivity contribution in [1.29, 1.82) is 0 Å². The van der Waals surface area contributed by atoms with E-state index in [0.717, 1.165) is 32.5 Å². The second kappa shape index (κ2) is 9.24.